The third-order valence-corrected chi connectivity index (χ3v) is 5.35. The highest BCUT2D eigenvalue weighted by Gasteiger charge is 2.11. The summed E-state index contributed by atoms with van der Waals surface area (Å²) in [5.41, 5.74) is 6.71. The van der Waals surface area contributed by atoms with Crippen molar-refractivity contribution >= 4 is 44.0 Å². The van der Waals surface area contributed by atoms with Crippen LogP contribution in [0.5, 0.6) is 5.75 Å². The minimum absolute atomic E-state index is 0.155. The zero-order valence-corrected chi connectivity index (χ0v) is 18.8. The quantitative estimate of drug-likeness (QED) is 0.232. The summed E-state index contributed by atoms with van der Waals surface area (Å²) < 4.78 is 1.99. The van der Waals surface area contributed by atoms with Gasteiger partial charge in [0.2, 0.25) is 5.95 Å². The van der Waals surface area contributed by atoms with Crippen molar-refractivity contribution in [2.24, 2.45) is 5.10 Å². The first-order chi connectivity index (χ1) is 14.6. The van der Waals surface area contributed by atoms with E-state index in [2.05, 4.69) is 52.4 Å². The number of hydrazone groups is 1. The number of phenols is 1. The highest BCUT2D eigenvalue weighted by Crippen LogP contribution is 2.31. The van der Waals surface area contributed by atoms with Crippen LogP contribution in [0.3, 0.4) is 0 Å². The summed E-state index contributed by atoms with van der Waals surface area (Å²) >= 11 is 6.87. The molecule has 0 bridgehead atoms. The Morgan fingerprint density at radius 1 is 0.800 bits per heavy atom. The number of halogens is 2. The Morgan fingerprint density at radius 3 is 2.13 bits per heavy atom. The fraction of sp³-hybridized carbons (Fsp3) is 0. The smallest absolute Gasteiger partial charge is 0.244 e. The first kappa shape index (κ1) is 20.3. The average molecular weight is 524 g/mol. The van der Waals surface area contributed by atoms with Crippen molar-refractivity contribution in [2.45, 2.75) is 0 Å². The van der Waals surface area contributed by atoms with E-state index in [1.807, 2.05) is 66.7 Å². The Balaban J connectivity index is 1.70. The fourth-order valence-corrected chi connectivity index (χ4v) is 3.34. The van der Waals surface area contributed by atoms with Gasteiger partial charge in [-0.05, 0) is 48.0 Å². The van der Waals surface area contributed by atoms with Gasteiger partial charge in [0.05, 0.1) is 17.6 Å². The zero-order valence-electron chi connectivity index (χ0n) is 15.6. The van der Waals surface area contributed by atoms with Crippen molar-refractivity contribution in [1.29, 1.82) is 0 Å². The first-order valence-electron chi connectivity index (χ1n) is 9.06. The number of anilines is 1. The molecular weight excluding hydrogens is 508 g/mol. The maximum atomic E-state index is 10.3. The molecule has 0 unspecified atom stereocenters. The van der Waals surface area contributed by atoms with E-state index >= 15 is 0 Å². The molecule has 0 saturated heterocycles. The van der Waals surface area contributed by atoms with Gasteiger partial charge in [-0.2, -0.15) is 5.10 Å². The number of hydrogen-bond acceptors (Lipinski definition) is 5. The SMILES string of the molecule is Oc1ccccc1-c1cc(-c2ccc(Br)cc2)nc(NN=Cc2ccc(Br)cc2)n1. The lowest BCUT2D eigenvalue weighted by molar-refractivity contribution is 0.477. The lowest BCUT2D eigenvalue weighted by Gasteiger charge is -2.09. The molecule has 5 nitrogen and oxygen atoms in total. The van der Waals surface area contributed by atoms with Gasteiger partial charge in [-0.15, -0.1) is 0 Å². The van der Waals surface area contributed by atoms with Crippen LogP contribution in [0.1, 0.15) is 5.56 Å². The Morgan fingerprint density at radius 2 is 1.43 bits per heavy atom. The number of nitrogens with zero attached hydrogens (tertiary/aromatic N) is 3. The molecule has 148 valence electrons. The Labute approximate surface area is 190 Å². The van der Waals surface area contributed by atoms with E-state index in [9.17, 15) is 5.11 Å². The van der Waals surface area contributed by atoms with Crippen molar-refractivity contribution in [3.05, 3.63) is 93.4 Å². The third kappa shape index (κ3) is 4.93. The molecule has 2 N–H and O–H groups in total. The summed E-state index contributed by atoms with van der Waals surface area (Å²) in [6.45, 7) is 0. The van der Waals surface area contributed by atoms with Crippen molar-refractivity contribution in [2.75, 3.05) is 5.43 Å². The van der Waals surface area contributed by atoms with E-state index in [0.717, 1.165) is 25.8 Å². The van der Waals surface area contributed by atoms with Gasteiger partial charge in [-0.1, -0.05) is 68.3 Å². The molecule has 0 spiro atoms. The number of para-hydroxylation sites is 1. The van der Waals surface area contributed by atoms with Crippen LogP contribution in [0.4, 0.5) is 5.95 Å². The molecule has 30 heavy (non-hydrogen) atoms. The lowest BCUT2D eigenvalue weighted by Crippen LogP contribution is -2.00. The topological polar surface area (TPSA) is 70.4 Å². The summed E-state index contributed by atoms with van der Waals surface area (Å²) in [6, 6.07) is 24.6. The van der Waals surface area contributed by atoms with Crippen molar-refractivity contribution in [1.82, 2.24) is 9.97 Å². The van der Waals surface area contributed by atoms with Gasteiger partial charge in [0.15, 0.2) is 0 Å². The van der Waals surface area contributed by atoms with Crippen LogP contribution in [0.15, 0.2) is 92.9 Å². The van der Waals surface area contributed by atoms with Gasteiger partial charge < -0.3 is 5.11 Å². The average Bonchev–Trinajstić information content (AvgIpc) is 2.76. The molecule has 0 aliphatic carbocycles. The van der Waals surface area contributed by atoms with Crippen LogP contribution in [0.2, 0.25) is 0 Å². The number of nitrogens with one attached hydrogen (secondary N) is 1. The highest BCUT2D eigenvalue weighted by molar-refractivity contribution is 9.10. The molecule has 1 aromatic heterocycles. The van der Waals surface area contributed by atoms with Gasteiger partial charge in [0.1, 0.15) is 5.75 Å². The molecule has 3 aromatic carbocycles. The van der Waals surface area contributed by atoms with Crippen LogP contribution >= 0.6 is 31.9 Å². The van der Waals surface area contributed by atoms with Gasteiger partial charge in [-0.25, -0.2) is 15.4 Å². The molecule has 0 radical (unpaired) electrons. The van der Waals surface area contributed by atoms with Crippen LogP contribution in [-0.4, -0.2) is 21.3 Å². The van der Waals surface area contributed by atoms with Crippen molar-refractivity contribution in [3.63, 3.8) is 0 Å². The number of rotatable bonds is 5. The number of aromatic nitrogens is 2. The Kier molecular flexibility index (Phi) is 6.21. The Bertz CT molecular complexity index is 1190. The zero-order chi connectivity index (χ0) is 20.9. The molecular formula is C23H16Br2N4O. The maximum absolute atomic E-state index is 10.3. The van der Waals surface area contributed by atoms with E-state index in [1.54, 1.807) is 18.3 Å². The third-order valence-electron chi connectivity index (χ3n) is 4.29. The summed E-state index contributed by atoms with van der Waals surface area (Å²) in [6.07, 6.45) is 1.70. The van der Waals surface area contributed by atoms with E-state index in [1.165, 1.54) is 0 Å². The standard InChI is InChI=1S/C23H16Br2N4O/c24-17-9-5-15(6-10-17)14-26-29-23-27-20(16-7-11-18(25)12-8-16)13-21(28-23)19-3-1-2-4-22(19)30/h1-14,30H,(H,27,28,29). The predicted molar refractivity (Wildman–Crippen MR) is 128 cm³/mol. The molecule has 4 aromatic rings. The van der Waals surface area contributed by atoms with Gasteiger partial charge in [0, 0.05) is 20.1 Å². The molecule has 0 atom stereocenters. The predicted octanol–water partition coefficient (Wildman–Crippen LogP) is 6.49. The van der Waals surface area contributed by atoms with E-state index in [-0.39, 0.29) is 5.75 Å². The van der Waals surface area contributed by atoms with Crippen molar-refractivity contribution < 1.29 is 5.11 Å². The molecule has 4 rings (SSSR count). The largest absolute Gasteiger partial charge is 0.507 e. The van der Waals surface area contributed by atoms with E-state index in [4.69, 9.17) is 0 Å². The number of phenolic OH excluding ortho intramolecular Hbond substituents is 1. The second-order valence-electron chi connectivity index (χ2n) is 6.41. The van der Waals surface area contributed by atoms with E-state index in [0.29, 0.717) is 17.2 Å². The highest BCUT2D eigenvalue weighted by atomic mass is 79.9. The summed E-state index contributed by atoms with van der Waals surface area (Å²) in [5, 5.41) is 14.5. The minimum Gasteiger partial charge on any atom is -0.507 e. The summed E-state index contributed by atoms with van der Waals surface area (Å²) in [4.78, 5) is 9.13. The fourth-order valence-electron chi connectivity index (χ4n) is 2.81. The summed E-state index contributed by atoms with van der Waals surface area (Å²) in [7, 11) is 0. The molecule has 0 aliphatic rings. The van der Waals surface area contributed by atoms with Crippen molar-refractivity contribution in [3.8, 4) is 28.3 Å². The monoisotopic (exact) mass is 522 g/mol. The minimum atomic E-state index is 0.155. The van der Waals surface area contributed by atoms with Gasteiger partial charge in [0.25, 0.3) is 0 Å². The number of hydrogen-bond donors (Lipinski definition) is 2. The van der Waals surface area contributed by atoms with Crippen LogP contribution in [0, 0.1) is 0 Å². The second kappa shape index (κ2) is 9.19. The van der Waals surface area contributed by atoms with E-state index < -0.39 is 0 Å². The normalized spacial score (nSPS) is 11.0. The lowest BCUT2D eigenvalue weighted by atomic mass is 10.1. The number of aromatic hydroxyl groups is 1. The molecule has 1 heterocycles. The van der Waals surface area contributed by atoms with Crippen LogP contribution < -0.4 is 5.43 Å². The number of benzene rings is 3. The van der Waals surface area contributed by atoms with Crippen LogP contribution in [-0.2, 0) is 0 Å². The second-order valence-corrected chi connectivity index (χ2v) is 8.24. The van der Waals surface area contributed by atoms with Crippen LogP contribution in [0.25, 0.3) is 22.5 Å². The Hall–Kier alpha value is -3.03. The molecule has 0 amide bonds. The molecule has 0 fully saturated rings. The molecule has 0 saturated carbocycles. The molecule has 0 aliphatic heterocycles. The van der Waals surface area contributed by atoms with Gasteiger partial charge in [-0.3, -0.25) is 0 Å². The molecule has 7 heteroatoms. The van der Waals surface area contributed by atoms with Gasteiger partial charge >= 0.3 is 0 Å². The first-order valence-corrected chi connectivity index (χ1v) is 10.6. The maximum Gasteiger partial charge on any atom is 0.244 e. The summed E-state index contributed by atoms with van der Waals surface area (Å²) in [5.74, 6) is 0.490.